The summed E-state index contributed by atoms with van der Waals surface area (Å²) in [5, 5.41) is 0.708. The Morgan fingerprint density at radius 3 is 2.70 bits per heavy atom. The first-order chi connectivity index (χ1) is 19.2. The van der Waals surface area contributed by atoms with Gasteiger partial charge in [0, 0.05) is 38.8 Å². The van der Waals surface area contributed by atoms with Crippen molar-refractivity contribution in [1.29, 1.82) is 0 Å². The number of ether oxygens (including phenoxy) is 2. The van der Waals surface area contributed by atoms with Gasteiger partial charge in [-0.3, -0.25) is 0 Å². The second-order valence-electron chi connectivity index (χ2n) is 11.0. The van der Waals surface area contributed by atoms with Gasteiger partial charge < -0.3 is 19.3 Å². The minimum Gasteiger partial charge on any atom is -0.487 e. The lowest BCUT2D eigenvalue weighted by atomic mass is 9.70. The molecule has 10 heteroatoms. The van der Waals surface area contributed by atoms with Crippen LogP contribution in [0, 0.1) is 11.8 Å². The molecule has 2 aromatic rings. The lowest BCUT2D eigenvalue weighted by Crippen LogP contribution is -2.44. The summed E-state index contributed by atoms with van der Waals surface area (Å²) in [5.74, 6) is 1.39. The minimum atomic E-state index is -4.09. The molecule has 2 aliphatic heterocycles. The molecule has 2 aromatic carbocycles. The van der Waals surface area contributed by atoms with Crippen LogP contribution in [-0.4, -0.2) is 59.2 Å². The first-order valence-corrected chi connectivity index (χ1v) is 15.9. The Balaban J connectivity index is 1.55. The zero-order valence-electron chi connectivity index (χ0n) is 23.1. The number of anilines is 1. The normalized spacial score (nSPS) is 26.2. The smallest absolute Gasteiger partial charge is 0.331 e. The Bertz CT molecular complexity index is 1370. The molecule has 0 saturated heterocycles. The molecule has 0 aromatic heterocycles. The van der Waals surface area contributed by atoms with E-state index in [-0.39, 0.29) is 11.0 Å². The largest absolute Gasteiger partial charge is 0.487 e. The zero-order valence-corrected chi connectivity index (χ0v) is 24.7. The van der Waals surface area contributed by atoms with Crippen LogP contribution in [0.4, 0.5) is 10.5 Å². The van der Waals surface area contributed by atoms with E-state index in [2.05, 4.69) is 15.7 Å². The van der Waals surface area contributed by atoms with Crippen molar-refractivity contribution < 1.29 is 22.7 Å². The Morgan fingerprint density at radius 2 is 1.93 bits per heavy atom. The third kappa shape index (κ3) is 6.42. The van der Waals surface area contributed by atoms with Crippen molar-refractivity contribution in [2.45, 2.75) is 56.1 Å². The van der Waals surface area contributed by atoms with E-state index >= 15 is 0 Å². The molecule has 2 amide bonds. The number of hydrogen-bond donors (Lipinski definition) is 1. The molecule has 1 aliphatic carbocycles. The number of fused-ring (bicyclic) bond motifs is 3. The molecule has 1 saturated carbocycles. The number of carbonyl (C=O) groups is 1. The SMILES string of the molecule is CO[C@@H]1/C=C/CCN(C)C(=O)NS(=O)(=O)c2ccc3c(c2)N(CCCCc2cc(Cl)ccc2CO3)C[C@@H]2CC[C@H]21. The average molecular weight is 588 g/mol. The van der Waals surface area contributed by atoms with Crippen molar-refractivity contribution in [2.24, 2.45) is 11.8 Å². The van der Waals surface area contributed by atoms with Gasteiger partial charge in [-0.2, -0.15) is 0 Å². The van der Waals surface area contributed by atoms with Crippen LogP contribution in [0.3, 0.4) is 0 Å². The fraction of sp³-hybridized carbons (Fsp3) is 0.500. The van der Waals surface area contributed by atoms with Crippen molar-refractivity contribution in [3.05, 3.63) is 64.7 Å². The Kier molecular flexibility index (Phi) is 8.92. The second-order valence-corrected chi connectivity index (χ2v) is 13.1. The van der Waals surface area contributed by atoms with Gasteiger partial charge in [0.15, 0.2) is 0 Å². The van der Waals surface area contributed by atoms with E-state index in [1.165, 1.54) is 16.5 Å². The van der Waals surface area contributed by atoms with Crippen molar-refractivity contribution >= 4 is 33.3 Å². The van der Waals surface area contributed by atoms with Gasteiger partial charge in [0.1, 0.15) is 12.4 Å². The van der Waals surface area contributed by atoms with Gasteiger partial charge in [-0.05, 0) is 91.8 Å². The van der Waals surface area contributed by atoms with E-state index in [0.29, 0.717) is 42.2 Å². The monoisotopic (exact) mass is 587 g/mol. The number of hydrogen-bond acceptors (Lipinski definition) is 6. The first-order valence-electron chi connectivity index (χ1n) is 14.0. The summed E-state index contributed by atoms with van der Waals surface area (Å²) < 4.78 is 41.1. The molecule has 0 spiro atoms. The van der Waals surface area contributed by atoms with Gasteiger partial charge in [-0.25, -0.2) is 17.9 Å². The van der Waals surface area contributed by atoms with E-state index in [0.717, 1.165) is 56.4 Å². The highest BCUT2D eigenvalue weighted by Crippen LogP contribution is 2.41. The highest BCUT2D eigenvalue weighted by molar-refractivity contribution is 7.90. The van der Waals surface area contributed by atoms with Crippen LogP contribution >= 0.6 is 11.6 Å². The predicted molar refractivity (Wildman–Crippen MR) is 156 cm³/mol. The number of halogens is 1. The summed E-state index contributed by atoms with van der Waals surface area (Å²) in [5.41, 5.74) is 2.97. The Hall–Kier alpha value is -2.75. The van der Waals surface area contributed by atoms with E-state index in [4.69, 9.17) is 21.1 Å². The second kappa shape index (κ2) is 12.4. The van der Waals surface area contributed by atoms with Crippen LogP contribution in [0.25, 0.3) is 0 Å². The lowest BCUT2D eigenvalue weighted by molar-refractivity contribution is 0.0134. The van der Waals surface area contributed by atoms with E-state index in [1.807, 2.05) is 24.3 Å². The number of methoxy groups -OCH3 is 1. The maximum Gasteiger partial charge on any atom is 0.331 e. The van der Waals surface area contributed by atoms with Crippen LogP contribution in [0.15, 0.2) is 53.4 Å². The van der Waals surface area contributed by atoms with E-state index in [9.17, 15) is 13.2 Å². The Labute approximate surface area is 242 Å². The summed E-state index contributed by atoms with van der Waals surface area (Å²) in [6.45, 7) is 2.26. The van der Waals surface area contributed by atoms with Crippen LogP contribution in [0.1, 0.15) is 43.2 Å². The summed E-state index contributed by atoms with van der Waals surface area (Å²) in [4.78, 5) is 16.4. The quantitative estimate of drug-likeness (QED) is 0.450. The van der Waals surface area contributed by atoms with Crippen LogP contribution in [0.5, 0.6) is 5.75 Å². The van der Waals surface area contributed by atoms with E-state index in [1.54, 1.807) is 26.3 Å². The number of aryl methyl sites for hydroxylation is 1. The maximum absolute atomic E-state index is 13.3. The van der Waals surface area contributed by atoms with Gasteiger partial charge >= 0.3 is 6.03 Å². The van der Waals surface area contributed by atoms with Gasteiger partial charge in [0.25, 0.3) is 10.0 Å². The third-order valence-corrected chi connectivity index (χ3v) is 9.96. The van der Waals surface area contributed by atoms with Crippen molar-refractivity contribution in [3.8, 4) is 5.75 Å². The molecule has 1 N–H and O–H groups in total. The van der Waals surface area contributed by atoms with Gasteiger partial charge in [0.2, 0.25) is 0 Å². The molecule has 2 heterocycles. The number of nitrogens with zero attached hydrogens (tertiary/aromatic N) is 2. The number of rotatable bonds is 1. The number of urea groups is 1. The summed E-state index contributed by atoms with van der Waals surface area (Å²) >= 11 is 6.30. The minimum absolute atomic E-state index is 0.00333. The molecule has 8 nitrogen and oxygen atoms in total. The lowest BCUT2D eigenvalue weighted by Gasteiger charge is -2.43. The maximum atomic E-state index is 13.3. The molecule has 5 rings (SSSR count). The molecule has 216 valence electrons. The molecule has 3 aliphatic rings. The predicted octanol–water partition coefficient (Wildman–Crippen LogP) is 5.39. The molecular weight excluding hydrogens is 550 g/mol. The fourth-order valence-corrected chi connectivity index (χ4v) is 7.08. The summed E-state index contributed by atoms with van der Waals surface area (Å²) in [6.07, 6.45) is 9.68. The molecule has 2 bridgehead atoms. The number of nitrogens with one attached hydrogen (secondary N) is 1. The standard InChI is InChI=1S/C30H38ClN3O5S/c1-33-15-5-4-8-28(38-2)26-13-10-22(26)19-34-16-6-3-7-21-17-24(31)11-9-23(21)20-39-29-14-12-25(18-27(29)34)40(36,37)32-30(33)35/h4,8-9,11-12,14,17-18,22,26,28H,3,5-7,10,13,15-16,19-20H2,1-2H3,(H,32,35)/b8-4+/t22-,26+,28+/m0/s1. The molecule has 3 atom stereocenters. The zero-order chi connectivity index (χ0) is 28.3. The number of sulfonamides is 1. The average Bonchev–Trinajstić information content (AvgIpc) is 2.94. The van der Waals surface area contributed by atoms with Crippen molar-refractivity contribution in [2.75, 3.05) is 38.7 Å². The van der Waals surface area contributed by atoms with Gasteiger partial charge in [-0.1, -0.05) is 29.8 Å². The van der Waals surface area contributed by atoms with Crippen LogP contribution in [0.2, 0.25) is 5.02 Å². The Morgan fingerprint density at radius 1 is 1.07 bits per heavy atom. The number of benzene rings is 2. The van der Waals surface area contributed by atoms with Gasteiger partial charge in [0.05, 0.1) is 16.7 Å². The first kappa shape index (κ1) is 28.8. The molecular formula is C30H38ClN3O5S. The fourth-order valence-electron chi connectivity index (χ4n) is 5.87. The van der Waals surface area contributed by atoms with E-state index < -0.39 is 16.1 Å². The molecule has 1 fully saturated rings. The molecule has 0 unspecified atom stereocenters. The third-order valence-electron chi connectivity index (χ3n) is 8.41. The van der Waals surface area contributed by atoms with Crippen molar-refractivity contribution in [3.63, 3.8) is 0 Å². The highest BCUT2D eigenvalue weighted by Gasteiger charge is 2.38. The topological polar surface area (TPSA) is 88.2 Å². The van der Waals surface area contributed by atoms with Crippen LogP contribution < -0.4 is 14.4 Å². The van der Waals surface area contributed by atoms with Crippen LogP contribution in [-0.2, 0) is 27.8 Å². The number of carbonyl (C=O) groups excluding carboxylic acids is 1. The summed E-state index contributed by atoms with van der Waals surface area (Å²) in [7, 11) is -0.749. The summed E-state index contributed by atoms with van der Waals surface area (Å²) in [6, 6.07) is 10.1. The van der Waals surface area contributed by atoms with Crippen molar-refractivity contribution in [1.82, 2.24) is 9.62 Å². The molecule has 40 heavy (non-hydrogen) atoms. The van der Waals surface area contributed by atoms with Gasteiger partial charge in [-0.15, -0.1) is 0 Å². The molecule has 0 radical (unpaired) electrons. The number of amides is 2. The highest BCUT2D eigenvalue weighted by atomic mass is 35.5.